The lowest BCUT2D eigenvalue weighted by Crippen LogP contribution is -2.21. The molecule has 0 fully saturated rings. The van der Waals surface area contributed by atoms with Crippen molar-refractivity contribution < 1.29 is 4.39 Å². The summed E-state index contributed by atoms with van der Waals surface area (Å²) in [6.07, 6.45) is 0.757. The van der Waals surface area contributed by atoms with Crippen LogP contribution in [0.15, 0.2) is 30.3 Å². The molecule has 21 heavy (non-hydrogen) atoms. The molecule has 0 saturated carbocycles. The summed E-state index contributed by atoms with van der Waals surface area (Å²) in [5.74, 6) is -0.260. The molecule has 0 amide bonds. The molecule has 112 valence electrons. The van der Waals surface area contributed by atoms with E-state index < -0.39 is 0 Å². The molecule has 0 aliphatic rings. The van der Waals surface area contributed by atoms with Gasteiger partial charge in [0.1, 0.15) is 5.82 Å². The van der Waals surface area contributed by atoms with Crippen LogP contribution in [0.1, 0.15) is 33.9 Å². The molecular weight excluding hydrogens is 285 g/mol. The van der Waals surface area contributed by atoms with E-state index in [1.807, 2.05) is 7.05 Å². The van der Waals surface area contributed by atoms with Crippen molar-refractivity contribution in [1.29, 1.82) is 0 Å². The Bertz CT molecular complexity index is 629. The zero-order valence-electron chi connectivity index (χ0n) is 12.9. The number of aryl methyl sites for hydroxylation is 3. The molecular formula is C18H21ClFN. The first-order valence-corrected chi connectivity index (χ1v) is 7.49. The molecule has 0 aliphatic carbocycles. The summed E-state index contributed by atoms with van der Waals surface area (Å²) in [6, 6.07) is 9.15. The molecule has 0 spiro atoms. The third kappa shape index (κ3) is 3.63. The van der Waals surface area contributed by atoms with Gasteiger partial charge < -0.3 is 5.32 Å². The third-order valence-electron chi connectivity index (χ3n) is 3.93. The lowest BCUT2D eigenvalue weighted by atomic mass is 9.91. The van der Waals surface area contributed by atoms with Crippen LogP contribution in [0, 0.1) is 26.6 Å². The highest BCUT2D eigenvalue weighted by Gasteiger charge is 2.17. The maximum absolute atomic E-state index is 14.1. The summed E-state index contributed by atoms with van der Waals surface area (Å²) in [4.78, 5) is 0. The SMILES string of the molecule is CNC(Cc1c(C)cc(C)cc1C)c1ccc(Cl)cc1F. The summed E-state index contributed by atoms with van der Waals surface area (Å²) in [7, 11) is 1.86. The monoisotopic (exact) mass is 305 g/mol. The van der Waals surface area contributed by atoms with Gasteiger partial charge in [-0.05, 0) is 63.1 Å². The average molecular weight is 306 g/mol. The predicted molar refractivity (Wildman–Crippen MR) is 87.6 cm³/mol. The van der Waals surface area contributed by atoms with Crippen molar-refractivity contribution in [2.24, 2.45) is 0 Å². The van der Waals surface area contributed by atoms with Gasteiger partial charge in [-0.1, -0.05) is 35.4 Å². The molecule has 2 aromatic carbocycles. The summed E-state index contributed by atoms with van der Waals surface area (Å²) in [5, 5.41) is 3.64. The Kier molecular flexibility index (Phi) is 5.02. The van der Waals surface area contributed by atoms with Gasteiger partial charge in [0.15, 0.2) is 0 Å². The maximum Gasteiger partial charge on any atom is 0.129 e. The number of hydrogen-bond donors (Lipinski definition) is 1. The topological polar surface area (TPSA) is 12.0 Å². The summed E-state index contributed by atoms with van der Waals surface area (Å²) < 4.78 is 14.1. The van der Waals surface area contributed by atoms with E-state index in [-0.39, 0.29) is 11.9 Å². The van der Waals surface area contributed by atoms with Gasteiger partial charge in [0.2, 0.25) is 0 Å². The molecule has 2 aromatic rings. The van der Waals surface area contributed by atoms with Crippen LogP contribution in [0.5, 0.6) is 0 Å². The summed E-state index contributed by atoms with van der Waals surface area (Å²) in [5.41, 5.74) is 5.69. The van der Waals surface area contributed by atoms with Gasteiger partial charge in [0, 0.05) is 16.6 Å². The van der Waals surface area contributed by atoms with E-state index in [1.54, 1.807) is 12.1 Å². The number of halogens is 2. The fraction of sp³-hybridized carbons (Fsp3) is 0.333. The Morgan fingerprint density at radius 1 is 1.10 bits per heavy atom. The quantitative estimate of drug-likeness (QED) is 0.846. The van der Waals surface area contributed by atoms with Crippen LogP contribution in [0.25, 0.3) is 0 Å². The van der Waals surface area contributed by atoms with E-state index in [2.05, 4.69) is 38.2 Å². The number of benzene rings is 2. The second-order valence-electron chi connectivity index (χ2n) is 5.59. The lowest BCUT2D eigenvalue weighted by Gasteiger charge is -2.20. The third-order valence-corrected chi connectivity index (χ3v) is 4.17. The van der Waals surface area contributed by atoms with Gasteiger partial charge in [0.25, 0.3) is 0 Å². The average Bonchev–Trinajstić information content (AvgIpc) is 2.39. The minimum Gasteiger partial charge on any atom is -0.313 e. The van der Waals surface area contributed by atoms with Crippen LogP contribution < -0.4 is 5.32 Å². The van der Waals surface area contributed by atoms with Crippen LogP contribution in [-0.2, 0) is 6.42 Å². The Morgan fingerprint density at radius 2 is 1.71 bits per heavy atom. The molecule has 0 radical (unpaired) electrons. The van der Waals surface area contributed by atoms with Crippen molar-refractivity contribution in [3.63, 3.8) is 0 Å². The highest BCUT2D eigenvalue weighted by molar-refractivity contribution is 6.30. The van der Waals surface area contributed by atoms with E-state index >= 15 is 0 Å². The van der Waals surface area contributed by atoms with Crippen molar-refractivity contribution in [2.45, 2.75) is 33.2 Å². The van der Waals surface area contributed by atoms with Crippen molar-refractivity contribution in [3.05, 3.63) is 69.0 Å². The van der Waals surface area contributed by atoms with Crippen molar-refractivity contribution >= 4 is 11.6 Å². The Labute approximate surface area is 131 Å². The first-order chi connectivity index (χ1) is 9.92. The Balaban J connectivity index is 2.36. The van der Waals surface area contributed by atoms with Gasteiger partial charge in [-0.25, -0.2) is 4.39 Å². The van der Waals surface area contributed by atoms with E-state index in [1.165, 1.54) is 28.3 Å². The molecule has 0 heterocycles. The first kappa shape index (κ1) is 16.0. The summed E-state index contributed by atoms with van der Waals surface area (Å²) >= 11 is 5.83. The van der Waals surface area contributed by atoms with Crippen LogP contribution >= 0.6 is 11.6 Å². The first-order valence-electron chi connectivity index (χ1n) is 7.11. The number of nitrogens with one attached hydrogen (secondary N) is 1. The lowest BCUT2D eigenvalue weighted by molar-refractivity contribution is 0.532. The van der Waals surface area contributed by atoms with Crippen molar-refractivity contribution in [3.8, 4) is 0 Å². The number of hydrogen-bond acceptors (Lipinski definition) is 1. The fourth-order valence-corrected chi connectivity index (χ4v) is 3.05. The maximum atomic E-state index is 14.1. The minimum absolute atomic E-state index is 0.0672. The number of likely N-dealkylation sites (N-methyl/N-ethyl adjacent to an activating group) is 1. The molecule has 0 bridgehead atoms. The number of rotatable bonds is 4. The van der Waals surface area contributed by atoms with Gasteiger partial charge in [-0.3, -0.25) is 0 Å². The van der Waals surface area contributed by atoms with E-state index in [0.29, 0.717) is 10.6 Å². The molecule has 1 nitrogen and oxygen atoms in total. The van der Waals surface area contributed by atoms with Crippen molar-refractivity contribution in [1.82, 2.24) is 5.32 Å². The molecule has 0 aromatic heterocycles. The highest BCUT2D eigenvalue weighted by Crippen LogP contribution is 2.27. The minimum atomic E-state index is -0.260. The zero-order valence-corrected chi connectivity index (χ0v) is 13.7. The van der Waals surface area contributed by atoms with E-state index in [9.17, 15) is 4.39 Å². The predicted octanol–water partition coefficient (Wildman–Crippen LogP) is 4.91. The molecule has 0 aliphatic heterocycles. The second-order valence-corrected chi connectivity index (χ2v) is 6.02. The van der Waals surface area contributed by atoms with Crippen molar-refractivity contribution in [2.75, 3.05) is 7.05 Å². The molecule has 2 rings (SSSR count). The largest absolute Gasteiger partial charge is 0.313 e. The highest BCUT2D eigenvalue weighted by atomic mass is 35.5. The Morgan fingerprint density at radius 3 is 2.24 bits per heavy atom. The Hall–Kier alpha value is -1.38. The molecule has 1 unspecified atom stereocenters. The molecule has 1 N–H and O–H groups in total. The van der Waals surface area contributed by atoms with Gasteiger partial charge in [-0.2, -0.15) is 0 Å². The van der Waals surface area contributed by atoms with Gasteiger partial charge in [-0.15, -0.1) is 0 Å². The standard InChI is InChI=1S/C18H21ClFN/c1-11-7-12(2)16(13(3)8-11)10-18(21-4)15-6-5-14(19)9-17(15)20/h5-9,18,21H,10H2,1-4H3. The summed E-state index contributed by atoms with van der Waals surface area (Å²) in [6.45, 7) is 6.32. The van der Waals surface area contributed by atoms with Crippen LogP contribution in [0.2, 0.25) is 5.02 Å². The molecule has 1 atom stereocenters. The fourth-order valence-electron chi connectivity index (χ4n) is 2.89. The van der Waals surface area contributed by atoms with Crippen LogP contribution in [0.4, 0.5) is 4.39 Å². The van der Waals surface area contributed by atoms with Gasteiger partial charge in [0.05, 0.1) is 0 Å². The molecule has 3 heteroatoms. The van der Waals surface area contributed by atoms with Gasteiger partial charge >= 0.3 is 0 Å². The van der Waals surface area contributed by atoms with Crippen LogP contribution in [-0.4, -0.2) is 7.05 Å². The normalized spacial score (nSPS) is 12.5. The second kappa shape index (κ2) is 6.59. The smallest absolute Gasteiger partial charge is 0.129 e. The van der Waals surface area contributed by atoms with Crippen LogP contribution in [0.3, 0.4) is 0 Å². The molecule has 0 saturated heterocycles. The van der Waals surface area contributed by atoms with E-state index in [0.717, 1.165) is 6.42 Å². The van der Waals surface area contributed by atoms with E-state index in [4.69, 9.17) is 11.6 Å². The zero-order chi connectivity index (χ0) is 15.6.